The minimum Gasteiger partial charge on any atom is -0.397 e. The Kier molecular flexibility index (Phi) is 6.01. The maximum absolute atomic E-state index is 5.91. The van der Waals surface area contributed by atoms with E-state index in [9.17, 15) is 0 Å². The number of hydrogen-bond donors (Lipinski definition) is 0. The summed E-state index contributed by atoms with van der Waals surface area (Å²) in [6, 6.07) is 1.14. The molecule has 0 spiro atoms. The van der Waals surface area contributed by atoms with Crippen LogP contribution in [0.3, 0.4) is 0 Å². The van der Waals surface area contributed by atoms with Crippen LogP contribution in [0.5, 0.6) is 0 Å². The summed E-state index contributed by atoms with van der Waals surface area (Å²) in [6.45, 7) is 4.55. The second-order valence-corrected chi connectivity index (χ2v) is 9.17. The van der Waals surface area contributed by atoms with Crippen LogP contribution >= 0.6 is 0 Å². The van der Waals surface area contributed by atoms with E-state index in [0.717, 1.165) is 6.04 Å². The molecular formula is C13H28O2Si. The highest BCUT2D eigenvalue weighted by Crippen LogP contribution is 2.40. The summed E-state index contributed by atoms with van der Waals surface area (Å²) < 4.78 is 11.8. The van der Waals surface area contributed by atoms with Gasteiger partial charge in [0, 0.05) is 19.8 Å². The molecule has 1 fully saturated rings. The van der Waals surface area contributed by atoms with E-state index in [2.05, 4.69) is 13.8 Å². The van der Waals surface area contributed by atoms with Crippen LogP contribution in [0, 0.1) is 5.92 Å². The Morgan fingerprint density at radius 1 is 1.00 bits per heavy atom. The topological polar surface area (TPSA) is 18.5 Å². The molecule has 3 heteroatoms. The van der Waals surface area contributed by atoms with Crippen molar-refractivity contribution in [1.29, 1.82) is 0 Å². The monoisotopic (exact) mass is 244 g/mol. The molecule has 0 amide bonds. The van der Waals surface area contributed by atoms with Gasteiger partial charge in [-0.3, -0.25) is 0 Å². The van der Waals surface area contributed by atoms with Gasteiger partial charge in [-0.15, -0.1) is 0 Å². The quantitative estimate of drug-likeness (QED) is 0.535. The van der Waals surface area contributed by atoms with Crippen molar-refractivity contribution in [3.05, 3.63) is 0 Å². The van der Waals surface area contributed by atoms with Crippen molar-refractivity contribution in [1.82, 2.24) is 0 Å². The van der Waals surface area contributed by atoms with Crippen LogP contribution in [0.15, 0.2) is 0 Å². The van der Waals surface area contributed by atoms with Crippen LogP contribution in [0.4, 0.5) is 0 Å². The molecule has 0 aromatic rings. The summed E-state index contributed by atoms with van der Waals surface area (Å²) in [7, 11) is 1.79. The average molecular weight is 244 g/mol. The van der Waals surface area contributed by atoms with Crippen LogP contribution in [0.2, 0.25) is 11.6 Å². The number of rotatable bonds is 5. The molecular weight excluding hydrogens is 216 g/mol. The first-order valence-corrected chi connectivity index (χ1v) is 8.85. The maximum Gasteiger partial charge on any atom is 0.341 e. The average Bonchev–Trinajstić information content (AvgIpc) is 2.54. The molecule has 16 heavy (non-hydrogen) atoms. The zero-order valence-corrected chi connectivity index (χ0v) is 12.4. The van der Waals surface area contributed by atoms with E-state index in [4.69, 9.17) is 8.85 Å². The normalized spacial score (nSPS) is 20.1. The van der Waals surface area contributed by atoms with Crippen molar-refractivity contribution in [2.45, 2.75) is 64.0 Å². The van der Waals surface area contributed by atoms with Gasteiger partial charge < -0.3 is 8.85 Å². The summed E-state index contributed by atoms with van der Waals surface area (Å²) in [4.78, 5) is 0. The predicted molar refractivity (Wildman–Crippen MR) is 70.9 cm³/mol. The van der Waals surface area contributed by atoms with Gasteiger partial charge in [-0.25, -0.2) is 0 Å². The lowest BCUT2D eigenvalue weighted by atomic mass is 10.2. The fourth-order valence-electron chi connectivity index (χ4n) is 3.04. The van der Waals surface area contributed by atoms with E-state index in [-0.39, 0.29) is 0 Å². The molecule has 0 aliphatic heterocycles. The van der Waals surface area contributed by atoms with Crippen molar-refractivity contribution in [3.8, 4) is 0 Å². The van der Waals surface area contributed by atoms with Gasteiger partial charge in [0.2, 0.25) is 0 Å². The van der Waals surface area contributed by atoms with Crippen molar-refractivity contribution < 1.29 is 8.85 Å². The van der Waals surface area contributed by atoms with Gasteiger partial charge in [-0.05, 0) is 24.8 Å². The van der Waals surface area contributed by atoms with E-state index in [1.807, 2.05) is 14.2 Å². The summed E-state index contributed by atoms with van der Waals surface area (Å²) in [5.41, 5.74) is 0.715. The second-order valence-electron chi connectivity index (χ2n) is 5.51. The molecule has 0 saturated heterocycles. The Hall–Kier alpha value is 0.137. The zero-order chi connectivity index (χ0) is 12.0. The molecule has 0 atom stereocenters. The van der Waals surface area contributed by atoms with E-state index >= 15 is 0 Å². The lowest BCUT2D eigenvalue weighted by Crippen LogP contribution is -2.46. The van der Waals surface area contributed by atoms with Crippen molar-refractivity contribution >= 4 is 8.56 Å². The van der Waals surface area contributed by atoms with Gasteiger partial charge in [-0.2, -0.15) is 0 Å². The summed E-state index contributed by atoms with van der Waals surface area (Å²) in [5.74, 6) is 0.676. The fraction of sp³-hybridized carbons (Fsp3) is 1.00. The molecule has 1 aliphatic rings. The first kappa shape index (κ1) is 14.2. The second kappa shape index (κ2) is 6.77. The molecule has 0 aromatic carbocycles. The summed E-state index contributed by atoms with van der Waals surface area (Å²) in [6.07, 6.45) is 8.17. The largest absolute Gasteiger partial charge is 0.397 e. The Balaban J connectivity index is 2.72. The Morgan fingerprint density at radius 3 is 1.88 bits per heavy atom. The van der Waals surface area contributed by atoms with Gasteiger partial charge >= 0.3 is 8.56 Å². The van der Waals surface area contributed by atoms with E-state index in [1.165, 1.54) is 38.5 Å². The van der Waals surface area contributed by atoms with Crippen LogP contribution in [-0.4, -0.2) is 22.8 Å². The van der Waals surface area contributed by atoms with E-state index in [1.54, 1.807) is 0 Å². The smallest absolute Gasteiger partial charge is 0.341 e. The molecule has 0 bridgehead atoms. The first-order chi connectivity index (χ1) is 7.64. The molecule has 1 aliphatic carbocycles. The first-order valence-electron chi connectivity index (χ1n) is 6.75. The summed E-state index contributed by atoms with van der Waals surface area (Å²) >= 11 is 0. The van der Waals surface area contributed by atoms with Gasteiger partial charge in [0.1, 0.15) is 0 Å². The summed E-state index contributed by atoms with van der Waals surface area (Å²) in [5, 5.41) is 0. The third-order valence-electron chi connectivity index (χ3n) is 3.86. The highest BCUT2D eigenvalue weighted by Gasteiger charge is 2.44. The molecule has 1 saturated carbocycles. The van der Waals surface area contributed by atoms with Crippen molar-refractivity contribution in [2.75, 3.05) is 14.2 Å². The van der Waals surface area contributed by atoms with Gasteiger partial charge in [0.25, 0.3) is 0 Å². The molecule has 0 heterocycles. The Labute approximate surface area is 102 Å². The maximum atomic E-state index is 5.91. The van der Waals surface area contributed by atoms with E-state index in [0.29, 0.717) is 11.5 Å². The molecule has 1 rings (SSSR count). The Bertz CT molecular complexity index is 182. The lowest BCUT2D eigenvalue weighted by Gasteiger charge is -2.36. The molecule has 0 N–H and O–H groups in total. The predicted octanol–water partition coefficient (Wildman–Crippen LogP) is 4.10. The third-order valence-corrected chi connectivity index (χ3v) is 8.45. The van der Waals surface area contributed by atoms with Crippen LogP contribution in [0.25, 0.3) is 0 Å². The highest BCUT2D eigenvalue weighted by molar-refractivity contribution is 6.69. The standard InChI is InChI=1S/C13H28O2Si/c1-12(2)11-16(14-3,15-4)13-9-7-5-6-8-10-13/h12-13H,5-11H2,1-4H3. The van der Waals surface area contributed by atoms with Crippen LogP contribution < -0.4 is 0 Å². The SMILES string of the molecule is CO[Si](CC(C)C)(OC)C1CCCCCC1. The zero-order valence-electron chi connectivity index (χ0n) is 11.4. The third kappa shape index (κ3) is 3.57. The Morgan fingerprint density at radius 2 is 1.50 bits per heavy atom. The van der Waals surface area contributed by atoms with Gasteiger partial charge in [-0.1, -0.05) is 39.5 Å². The van der Waals surface area contributed by atoms with E-state index < -0.39 is 8.56 Å². The van der Waals surface area contributed by atoms with Gasteiger partial charge in [0.15, 0.2) is 0 Å². The molecule has 2 nitrogen and oxygen atoms in total. The molecule has 0 radical (unpaired) electrons. The molecule has 0 unspecified atom stereocenters. The highest BCUT2D eigenvalue weighted by atomic mass is 28.4. The van der Waals surface area contributed by atoms with Crippen molar-refractivity contribution in [2.24, 2.45) is 5.92 Å². The number of hydrogen-bond acceptors (Lipinski definition) is 2. The minimum atomic E-state index is -1.94. The fourth-order valence-corrected chi connectivity index (χ4v) is 6.96. The lowest BCUT2D eigenvalue weighted by molar-refractivity contribution is 0.218. The van der Waals surface area contributed by atoms with Crippen molar-refractivity contribution in [3.63, 3.8) is 0 Å². The van der Waals surface area contributed by atoms with Gasteiger partial charge in [0.05, 0.1) is 0 Å². The minimum absolute atomic E-state index is 0.676. The van der Waals surface area contributed by atoms with Crippen LogP contribution in [0.1, 0.15) is 52.4 Å². The van der Waals surface area contributed by atoms with Crippen LogP contribution in [-0.2, 0) is 8.85 Å². The molecule has 96 valence electrons. The molecule has 0 aromatic heterocycles.